The largest absolute Gasteiger partial charge is 0.484 e. The number of aromatic nitrogens is 3. The van der Waals surface area contributed by atoms with Gasteiger partial charge < -0.3 is 13.7 Å². The van der Waals surface area contributed by atoms with E-state index in [2.05, 4.69) is 10.2 Å². The molecule has 0 amide bonds. The van der Waals surface area contributed by atoms with Crippen molar-refractivity contribution < 1.29 is 22.7 Å². The van der Waals surface area contributed by atoms with E-state index in [-0.39, 0.29) is 40.9 Å². The third-order valence-electron chi connectivity index (χ3n) is 4.78. The van der Waals surface area contributed by atoms with Crippen LogP contribution in [-0.4, -0.2) is 26.3 Å². The molecule has 0 fully saturated rings. The van der Waals surface area contributed by atoms with Crippen LogP contribution < -0.4 is 4.74 Å². The number of hydrogen-bond donors (Lipinski definition) is 0. The molecule has 0 atom stereocenters. The van der Waals surface area contributed by atoms with Crippen LogP contribution in [0, 0.1) is 25.5 Å². The zero-order valence-corrected chi connectivity index (χ0v) is 18.2. The highest BCUT2D eigenvalue weighted by molar-refractivity contribution is 7.99. The number of hydrogen-bond acceptors (Lipinski definition) is 6. The van der Waals surface area contributed by atoms with E-state index in [0.717, 1.165) is 17.5 Å². The normalized spacial score (nSPS) is 11.0. The molecule has 4 rings (SSSR count). The lowest BCUT2D eigenvalue weighted by atomic mass is 10.2. The van der Waals surface area contributed by atoms with Crippen LogP contribution in [0.3, 0.4) is 0 Å². The molecule has 4 aromatic rings. The quantitative estimate of drug-likeness (QED) is 0.265. The van der Waals surface area contributed by atoms with Gasteiger partial charge in [0.1, 0.15) is 17.4 Å². The Kier molecular flexibility index (Phi) is 6.36. The molecule has 9 heteroatoms. The van der Waals surface area contributed by atoms with Gasteiger partial charge in [-0.05, 0) is 56.3 Å². The number of aryl methyl sites for hydroxylation is 1. The summed E-state index contributed by atoms with van der Waals surface area (Å²) in [7, 11) is 0. The first-order chi connectivity index (χ1) is 15.4. The number of halogens is 2. The minimum atomic E-state index is -0.357. The molecule has 0 saturated heterocycles. The predicted octanol–water partition coefficient (Wildman–Crippen LogP) is 5.31. The average Bonchev–Trinajstić information content (AvgIpc) is 3.36. The molecule has 0 saturated carbocycles. The second-order valence-electron chi connectivity index (χ2n) is 6.99. The topological polar surface area (TPSA) is 70.2 Å². The molecule has 0 aliphatic carbocycles. The summed E-state index contributed by atoms with van der Waals surface area (Å²) in [5, 5.41) is 8.04. The minimum Gasteiger partial charge on any atom is -0.484 e. The molecular weight excluding hydrogens is 436 g/mol. The lowest BCUT2D eigenvalue weighted by Crippen LogP contribution is -2.06. The van der Waals surface area contributed by atoms with E-state index < -0.39 is 0 Å². The van der Waals surface area contributed by atoms with Gasteiger partial charge in [-0.2, -0.15) is 0 Å². The Bertz CT molecular complexity index is 1250. The molecule has 164 valence electrons. The fraction of sp³-hybridized carbons (Fsp3) is 0.174. The van der Waals surface area contributed by atoms with E-state index in [9.17, 15) is 13.6 Å². The van der Waals surface area contributed by atoms with Crippen LogP contribution in [0.5, 0.6) is 5.75 Å². The number of thioether (sulfide) groups is 1. The Morgan fingerprint density at radius 2 is 1.84 bits per heavy atom. The van der Waals surface area contributed by atoms with Gasteiger partial charge in [0.15, 0.2) is 12.4 Å². The maximum atomic E-state index is 14.2. The van der Waals surface area contributed by atoms with Gasteiger partial charge in [0.05, 0.1) is 11.4 Å². The third kappa shape index (κ3) is 4.72. The Hall–Kier alpha value is -3.46. The summed E-state index contributed by atoms with van der Waals surface area (Å²) in [5.74, 6) is -0.0477. The molecule has 0 radical (unpaired) electrons. The fourth-order valence-corrected chi connectivity index (χ4v) is 3.95. The van der Waals surface area contributed by atoms with Crippen LogP contribution in [0.2, 0.25) is 0 Å². The first kappa shape index (κ1) is 21.8. The first-order valence-corrected chi connectivity index (χ1v) is 10.7. The van der Waals surface area contributed by atoms with Crippen LogP contribution in [0.4, 0.5) is 8.78 Å². The van der Waals surface area contributed by atoms with Gasteiger partial charge in [0.25, 0.3) is 11.1 Å². The smallest absolute Gasteiger partial charge is 0.277 e. The number of ketones is 1. The summed E-state index contributed by atoms with van der Waals surface area (Å²) in [6, 6.07) is 13.8. The fourth-order valence-electron chi connectivity index (χ4n) is 3.28. The Morgan fingerprint density at radius 1 is 1.09 bits per heavy atom. The number of ether oxygens (including phenoxy) is 1. The van der Waals surface area contributed by atoms with Crippen LogP contribution in [0.25, 0.3) is 5.69 Å². The molecule has 0 spiro atoms. The van der Waals surface area contributed by atoms with Crippen molar-refractivity contribution in [2.24, 2.45) is 0 Å². The monoisotopic (exact) mass is 455 g/mol. The van der Waals surface area contributed by atoms with Gasteiger partial charge in [-0.3, -0.25) is 4.79 Å². The second-order valence-corrected chi connectivity index (χ2v) is 7.91. The molecule has 6 nitrogen and oxygen atoms in total. The molecule has 0 unspecified atom stereocenters. The van der Waals surface area contributed by atoms with Gasteiger partial charge in [-0.25, -0.2) is 8.78 Å². The summed E-state index contributed by atoms with van der Waals surface area (Å²) in [6.07, 6.45) is 0. The molecule has 2 heterocycles. The standard InChI is InChI=1S/C23H19F2N3O3S/c1-14-11-18(15(2)28(14)20-6-4-3-5-19(20)25)21(29)13-32-23-27-26-22(31-23)12-30-17-9-7-16(24)8-10-17/h3-11H,12-13H2,1-2H3. The maximum absolute atomic E-state index is 14.2. The van der Waals surface area contributed by atoms with Gasteiger partial charge in [-0.15, -0.1) is 10.2 Å². The highest BCUT2D eigenvalue weighted by atomic mass is 32.2. The van der Waals surface area contributed by atoms with Crippen molar-refractivity contribution in [1.82, 2.24) is 14.8 Å². The van der Waals surface area contributed by atoms with E-state index in [4.69, 9.17) is 9.15 Å². The van der Waals surface area contributed by atoms with Crippen molar-refractivity contribution in [1.29, 1.82) is 0 Å². The molecular formula is C23H19F2N3O3S. The number of rotatable bonds is 8. The van der Waals surface area contributed by atoms with E-state index >= 15 is 0 Å². The Balaban J connectivity index is 1.39. The molecule has 32 heavy (non-hydrogen) atoms. The van der Waals surface area contributed by atoms with Crippen molar-refractivity contribution in [3.8, 4) is 11.4 Å². The molecule has 0 aliphatic rings. The SMILES string of the molecule is Cc1cc(C(=O)CSc2nnc(COc3ccc(F)cc3)o2)c(C)n1-c1ccccc1F. The van der Waals surface area contributed by atoms with Gasteiger partial charge in [0, 0.05) is 17.0 Å². The Morgan fingerprint density at radius 3 is 2.59 bits per heavy atom. The summed E-state index contributed by atoms with van der Waals surface area (Å²) in [4.78, 5) is 12.8. The molecule has 2 aromatic carbocycles. The second kappa shape index (κ2) is 9.35. The zero-order valence-electron chi connectivity index (χ0n) is 17.3. The van der Waals surface area contributed by atoms with E-state index in [1.54, 1.807) is 35.8 Å². The molecule has 0 N–H and O–H groups in total. The number of nitrogens with zero attached hydrogens (tertiary/aromatic N) is 3. The number of carbonyl (C=O) groups excluding carboxylic acids is 1. The highest BCUT2D eigenvalue weighted by Crippen LogP contribution is 2.25. The molecule has 2 aromatic heterocycles. The van der Waals surface area contributed by atoms with Crippen LogP contribution in [0.15, 0.2) is 64.2 Å². The van der Waals surface area contributed by atoms with Gasteiger partial charge in [-0.1, -0.05) is 23.9 Å². The first-order valence-electron chi connectivity index (χ1n) is 9.73. The number of para-hydroxylation sites is 1. The van der Waals surface area contributed by atoms with Gasteiger partial charge in [0.2, 0.25) is 0 Å². The van der Waals surface area contributed by atoms with Crippen LogP contribution in [-0.2, 0) is 6.61 Å². The van der Waals surface area contributed by atoms with Crippen LogP contribution in [0.1, 0.15) is 27.6 Å². The Labute approximate surface area is 187 Å². The third-order valence-corrected chi connectivity index (χ3v) is 5.59. The number of benzene rings is 2. The van der Waals surface area contributed by atoms with Crippen molar-refractivity contribution in [3.63, 3.8) is 0 Å². The van der Waals surface area contributed by atoms with Crippen LogP contribution >= 0.6 is 11.8 Å². The van der Waals surface area contributed by atoms with Crippen molar-refractivity contribution in [3.05, 3.63) is 89.1 Å². The summed E-state index contributed by atoms with van der Waals surface area (Å²) >= 11 is 1.11. The summed E-state index contributed by atoms with van der Waals surface area (Å²) in [6.45, 7) is 3.64. The lowest BCUT2D eigenvalue weighted by Gasteiger charge is -2.10. The average molecular weight is 455 g/mol. The summed E-state index contributed by atoms with van der Waals surface area (Å²) < 4.78 is 39.9. The van der Waals surface area contributed by atoms with E-state index in [1.165, 1.54) is 30.3 Å². The van der Waals surface area contributed by atoms with E-state index in [0.29, 0.717) is 22.7 Å². The minimum absolute atomic E-state index is 0.0247. The van der Waals surface area contributed by atoms with Gasteiger partial charge >= 0.3 is 0 Å². The summed E-state index contributed by atoms with van der Waals surface area (Å²) in [5.41, 5.74) is 2.34. The van der Waals surface area contributed by atoms with Crippen molar-refractivity contribution >= 4 is 17.5 Å². The molecule has 0 aliphatic heterocycles. The van der Waals surface area contributed by atoms with Crippen molar-refractivity contribution in [2.75, 3.05) is 5.75 Å². The molecule has 0 bridgehead atoms. The maximum Gasteiger partial charge on any atom is 0.277 e. The predicted molar refractivity (Wildman–Crippen MR) is 115 cm³/mol. The lowest BCUT2D eigenvalue weighted by molar-refractivity contribution is 0.102. The van der Waals surface area contributed by atoms with Crippen molar-refractivity contribution in [2.45, 2.75) is 25.7 Å². The zero-order chi connectivity index (χ0) is 22.7. The number of Topliss-reactive ketones (excluding diaryl/α,β-unsaturated/α-hetero) is 1. The number of carbonyl (C=O) groups is 1. The highest BCUT2D eigenvalue weighted by Gasteiger charge is 2.19. The van der Waals surface area contributed by atoms with E-state index in [1.807, 2.05) is 6.92 Å².